The van der Waals surface area contributed by atoms with Crippen LogP contribution in [-0.4, -0.2) is 61.5 Å². The summed E-state index contributed by atoms with van der Waals surface area (Å²) in [4.78, 5) is 45.1. The summed E-state index contributed by atoms with van der Waals surface area (Å²) in [5.74, 6) is -2.85. The zero-order chi connectivity index (χ0) is 48.9. The van der Waals surface area contributed by atoms with E-state index in [-0.39, 0.29) is 48.8 Å². The number of nitrogens with one attached hydrogen (secondary N) is 6. The van der Waals surface area contributed by atoms with Crippen molar-refractivity contribution in [2.24, 2.45) is 0 Å². The first-order chi connectivity index (χ1) is 31.1. The molecule has 0 fully saturated rings. The van der Waals surface area contributed by atoms with E-state index in [0.29, 0.717) is 34.6 Å². The fourth-order valence-electron chi connectivity index (χ4n) is 4.11. The van der Waals surface area contributed by atoms with Gasteiger partial charge in [-0.3, -0.25) is 16.0 Å². The molecule has 6 aromatic rings. The van der Waals surface area contributed by atoms with Crippen LogP contribution in [-0.2, 0) is 19.8 Å². The molecule has 63 heavy (non-hydrogen) atoms. The van der Waals surface area contributed by atoms with E-state index in [1.807, 2.05) is 0 Å². The summed E-state index contributed by atoms with van der Waals surface area (Å²) < 4.78 is 146. The first kappa shape index (κ1) is 44.5. The molecule has 0 aliphatic heterocycles. The molecule has 0 saturated carbocycles. The van der Waals surface area contributed by atoms with Gasteiger partial charge in [0.25, 0.3) is 19.3 Å². The highest BCUT2D eigenvalue weighted by molar-refractivity contribution is 7.11. The highest BCUT2D eigenvalue weighted by Crippen LogP contribution is 2.27. The molecule has 6 amide bonds. The quantitative estimate of drug-likeness (QED) is 0.0415. The largest absolute Gasteiger partial charge is 0.392 e. The van der Waals surface area contributed by atoms with Crippen molar-refractivity contribution >= 4 is 84.8 Å². The van der Waals surface area contributed by atoms with Crippen molar-refractivity contribution in [2.45, 2.75) is 39.1 Å². The maximum absolute atomic E-state index is 13.2. The molecule has 6 aromatic heterocycles. The zero-order valence-corrected chi connectivity index (χ0v) is 33.1. The van der Waals surface area contributed by atoms with Gasteiger partial charge in [0.15, 0.2) is 0 Å². The first-order valence-electron chi connectivity index (χ1n) is 18.0. The van der Waals surface area contributed by atoms with Gasteiger partial charge in [-0.15, -0.1) is 0 Å². The van der Waals surface area contributed by atoms with Crippen LogP contribution >= 0.6 is 34.6 Å². The third-order valence-corrected chi connectivity index (χ3v) is 8.97. The van der Waals surface area contributed by atoms with Gasteiger partial charge >= 0.3 is 18.1 Å². The van der Waals surface area contributed by atoms with E-state index < -0.39 is 104 Å². The second-order valence-electron chi connectivity index (χ2n) is 11.2. The second kappa shape index (κ2) is 23.6. The van der Waals surface area contributed by atoms with Gasteiger partial charge in [0.05, 0.1) is 39.6 Å². The number of anilines is 6. The monoisotopic (exact) mass is 957 g/mol. The van der Waals surface area contributed by atoms with Gasteiger partial charge in [-0.1, -0.05) is 0 Å². The molecule has 0 bridgehead atoms. The van der Waals surface area contributed by atoms with Crippen LogP contribution in [0.1, 0.15) is 57.1 Å². The predicted octanol–water partition coefficient (Wildman–Crippen LogP) is 8.25. The Morgan fingerprint density at radius 3 is 1.33 bits per heavy atom. The van der Waals surface area contributed by atoms with Crippen LogP contribution in [0.25, 0.3) is 0 Å². The Balaban J connectivity index is 0.000000216. The minimum absolute atomic E-state index is 0.0111. The number of amides is 6. The Morgan fingerprint density at radius 1 is 0.540 bits per heavy atom. The molecule has 0 unspecified atom stereocenters. The molecule has 0 aromatic carbocycles. The number of pyridine rings is 3. The van der Waals surface area contributed by atoms with E-state index in [1.54, 1.807) is 0 Å². The molecule has 0 aliphatic rings. The molecule has 336 valence electrons. The number of aliphatic hydroxyl groups excluding tert-OH is 3. The number of aliphatic hydroxyl groups is 3. The van der Waals surface area contributed by atoms with E-state index in [2.05, 4.69) is 60.0 Å². The molecule has 0 spiro atoms. The maximum atomic E-state index is 13.2. The number of urea groups is 3. The summed E-state index contributed by atoms with van der Waals surface area (Å²) in [6.45, 7) is -1.52. The van der Waals surface area contributed by atoms with E-state index in [4.69, 9.17) is 19.4 Å². The van der Waals surface area contributed by atoms with Crippen LogP contribution in [0.5, 0.6) is 0 Å². The summed E-state index contributed by atoms with van der Waals surface area (Å²) in [5.41, 5.74) is -1.91. The fraction of sp³-hybridized carbons (Fsp3) is 0.182. The maximum Gasteiger partial charge on any atom is 0.324 e. The standard InChI is InChI=1S/3C11H9F3N4O2S/c3*12-8-1-6(5(4-19)3-15-8)16-11(20)17-9-2-7(10(13)14)18-21-9/h3*1-3,10,19H,4H2,(H2,15,16,17,20)/i10D;2D;1D. The summed E-state index contributed by atoms with van der Waals surface area (Å²) in [6, 6.07) is -0.253. The Morgan fingerprint density at radius 2 is 0.921 bits per heavy atom. The lowest BCUT2D eigenvalue weighted by Gasteiger charge is -2.09. The van der Waals surface area contributed by atoms with Crippen molar-refractivity contribution in [1.82, 2.24) is 28.1 Å². The number of hydrogen-bond donors (Lipinski definition) is 9. The average Bonchev–Trinajstić information content (AvgIpc) is 4.01. The minimum Gasteiger partial charge on any atom is -0.392 e. The van der Waals surface area contributed by atoms with Gasteiger partial charge in [0.1, 0.15) is 33.5 Å². The van der Waals surface area contributed by atoms with Crippen LogP contribution in [0.4, 0.5) is 86.0 Å². The number of aromatic nitrogens is 6. The van der Waals surface area contributed by atoms with Crippen molar-refractivity contribution in [3.05, 3.63) is 107 Å². The number of carbonyl (C=O) groups excluding carboxylic acids is 3. The molecule has 0 radical (unpaired) electrons. The Labute approximate surface area is 363 Å². The van der Waals surface area contributed by atoms with Crippen molar-refractivity contribution in [1.29, 1.82) is 0 Å². The lowest BCUT2D eigenvalue weighted by molar-refractivity contribution is 0.147. The highest BCUT2D eigenvalue weighted by Gasteiger charge is 2.17. The van der Waals surface area contributed by atoms with Gasteiger partial charge in [-0.2, -0.15) is 26.3 Å². The third-order valence-electron chi connectivity index (χ3n) is 6.88. The lowest BCUT2D eigenvalue weighted by atomic mass is 10.2. The third kappa shape index (κ3) is 15.4. The van der Waals surface area contributed by atoms with Gasteiger partial charge in [-0.25, -0.2) is 55.7 Å². The smallest absolute Gasteiger partial charge is 0.324 e. The van der Waals surface area contributed by atoms with Gasteiger partial charge in [0.2, 0.25) is 17.8 Å². The average molecular weight is 958 g/mol. The zero-order valence-electron chi connectivity index (χ0n) is 33.7. The number of nitrogens with zero attached hydrogens (tertiary/aromatic N) is 6. The molecular formula is C33H27F9N12O6S3. The van der Waals surface area contributed by atoms with E-state index in [1.165, 1.54) is 0 Å². The van der Waals surface area contributed by atoms with Gasteiger partial charge < -0.3 is 31.3 Å². The molecule has 6 heterocycles. The van der Waals surface area contributed by atoms with Crippen molar-refractivity contribution in [2.75, 3.05) is 31.9 Å². The number of rotatable bonds is 12. The topological polar surface area (TPSA) is 261 Å². The molecule has 0 atom stereocenters. The molecule has 6 rings (SSSR count). The minimum atomic E-state index is -3.86. The summed E-state index contributed by atoms with van der Waals surface area (Å²) in [6.07, 6.45) is -6.46. The molecule has 0 saturated heterocycles. The molecular weight excluding hydrogens is 928 g/mol. The molecule has 18 nitrogen and oxygen atoms in total. The lowest BCUT2D eigenvalue weighted by Crippen LogP contribution is -2.20. The Kier molecular flexibility index (Phi) is 16.6. The van der Waals surface area contributed by atoms with Crippen LogP contribution in [0.3, 0.4) is 0 Å². The number of alkyl halides is 6. The normalized spacial score (nSPS) is 11.6. The van der Waals surface area contributed by atoms with Gasteiger partial charge in [-0.05, 0) is 34.6 Å². The number of hydrogen-bond acceptors (Lipinski definition) is 15. The molecule has 0 aliphatic carbocycles. The molecule has 9 N–H and O–H groups in total. The summed E-state index contributed by atoms with van der Waals surface area (Å²) in [7, 11) is 0. The second-order valence-corrected chi connectivity index (χ2v) is 13.6. The van der Waals surface area contributed by atoms with Crippen LogP contribution in [0.15, 0.2) is 54.9 Å². The van der Waals surface area contributed by atoms with Crippen LogP contribution in [0, 0.1) is 17.8 Å². The highest BCUT2D eigenvalue weighted by atomic mass is 32.1. The number of carbonyl (C=O) groups is 3. The Bertz CT molecular complexity index is 2650. The van der Waals surface area contributed by atoms with E-state index >= 15 is 0 Å². The van der Waals surface area contributed by atoms with E-state index in [0.717, 1.165) is 42.9 Å². The van der Waals surface area contributed by atoms with Crippen LogP contribution < -0.4 is 31.9 Å². The summed E-state index contributed by atoms with van der Waals surface area (Å²) >= 11 is 1.75. The molecule has 30 heteroatoms. The SMILES string of the molecule is [2H]C(F)(F)c1cc(NC(=O)Nc2cc(F)ncc2CO)sn1.[2H]c1c(C(F)F)nsc1NC(=O)Nc1cc(F)ncc1CO.[2H]c1c(F)ncc(CO)c1NC(=O)Nc1cc(C(F)F)ns1. The van der Waals surface area contributed by atoms with Crippen molar-refractivity contribution in [3.8, 4) is 0 Å². The van der Waals surface area contributed by atoms with Crippen molar-refractivity contribution < 1.29 is 73.3 Å². The summed E-state index contributed by atoms with van der Waals surface area (Å²) in [5, 5.41) is 40.4. The van der Waals surface area contributed by atoms with E-state index in [9.17, 15) is 53.9 Å². The fourth-order valence-corrected chi connectivity index (χ4v) is 5.98. The Hall–Kier alpha value is -6.60. The van der Waals surface area contributed by atoms with Crippen LogP contribution in [0.2, 0.25) is 0 Å². The van der Waals surface area contributed by atoms with Gasteiger partial charge in [0, 0.05) is 71.6 Å². The number of halogens is 9. The predicted molar refractivity (Wildman–Crippen MR) is 209 cm³/mol. The van der Waals surface area contributed by atoms with Crippen molar-refractivity contribution in [3.63, 3.8) is 0 Å². The first-order valence-corrected chi connectivity index (χ1v) is 18.8.